The molecule has 0 aromatic heterocycles. The molecule has 0 heterocycles. The molecule has 4 heteroatoms. The quantitative estimate of drug-likeness (QED) is 0.675. The lowest BCUT2D eigenvalue weighted by atomic mass is 9.85. The van der Waals surface area contributed by atoms with Crippen LogP contribution in [0.25, 0.3) is 10.8 Å². The maximum Gasteiger partial charge on any atom is 0.169 e. The number of fused-ring (bicyclic) bond motifs is 2. The van der Waals surface area contributed by atoms with Crippen LogP contribution in [0.4, 0.5) is 0 Å². The van der Waals surface area contributed by atoms with E-state index in [0.717, 1.165) is 5.56 Å². The minimum Gasteiger partial charge on any atom is -0.507 e. The summed E-state index contributed by atoms with van der Waals surface area (Å²) in [5.74, 6) is -0.496. The molecule has 19 heavy (non-hydrogen) atoms. The number of ketones is 1. The highest BCUT2D eigenvalue weighted by molar-refractivity contribution is 6.08. The number of aromatic hydroxyl groups is 2. The lowest BCUT2D eigenvalue weighted by molar-refractivity contribution is 0.0850. The Balaban J connectivity index is 2.40. The molecule has 0 radical (unpaired) electrons. The highest BCUT2D eigenvalue weighted by Gasteiger charge is 2.28. The van der Waals surface area contributed by atoms with Crippen molar-refractivity contribution < 1.29 is 20.1 Å². The van der Waals surface area contributed by atoms with Crippen LogP contribution < -0.4 is 0 Å². The van der Waals surface area contributed by atoms with Gasteiger partial charge in [-0.2, -0.15) is 0 Å². The molecule has 0 amide bonds. The van der Waals surface area contributed by atoms with Crippen molar-refractivity contribution in [2.24, 2.45) is 0 Å². The zero-order valence-electron chi connectivity index (χ0n) is 10.5. The summed E-state index contributed by atoms with van der Waals surface area (Å²) in [5.41, 5.74) is 1.74. The maximum absolute atomic E-state index is 11.9. The van der Waals surface area contributed by atoms with E-state index in [-0.39, 0.29) is 29.3 Å². The number of carbonyl (C=O) groups is 1. The summed E-state index contributed by atoms with van der Waals surface area (Å²) in [6, 6.07) is 5.15. The number of phenols is 2. The van der Waals surface area contributed by atoms with Crippen LogP contribution >= 0.6 is 0 Å². The first kappa shape index (κ1) is 12.0. The van der Waals surface area contributed by atoms with Gasteiger partial charge in [0.15, 0.2) is 5.78 Å². The van der Waals surface area contributed by atoms with E-state index in [9.17, 15) is 20.1 Å². The molecular weight excluding hydrogens is 244 g/mol. The molecule has 0 bridgehead atoms. The number of Topliss-reactive ketones (excluding diaryl/α,β-unsaturated/α-hetero) is 1. The Hall–Kier alpha value is -2.07. The summed E-state index contributed by atoms with van der Waals surface area (Å²) >= 11 is 0. The van der Waals surface area contributed by atoms with E-state index >= 15 is 0 Å². The summed E-state index contributed by atoms with van der Waals surface area (Å²) in [6.45, 7) is 1.84. The number of hydrogen-bond donors (Lipinski definition) is 3. The molecule has 3 rings (SSSR count). The van der Waals surface area contributed by atoms with Crippen LogP contribution in [-0.2, 0) is 6.42 Å². The van der Waals surface area contributed by atoms with Crippen LogP contribution in [0.1, 0.15) is 27.9 Å². The van der Waals surface area contributed by atoms with Crippen molar-refractivity contribution in [2.75, 3.05) is 0 Å². The minimum atomic E-state index is -0.699. The lowest BCUT2D eigenvalue weighted by Crippen LogP contribution is -2.24. The van der Waals surface area contributed by atoms with E-state index in [1.807, 2.05) is 13.0 Å². The molecule has 2 aromatic rings. The third kappa shape index (κ3) is 1.76. The Bertz CT molecular complexity index is 703. The van der Waals surface area contributed by atoms with Gasteiger partial charge in [-0.05, 0) is 42.0 Å². The van der Waals surface area contributed by atoms with Crippen LogP contribution in [0.2, 0.25) is 0 Å². The minimum absolute atomic E-state index is 0.0126. The number of aliphatic hydroxyl groups is 1. The molecule has 4 nitrogen and oxygen atoms in total. The number of benzene rings is 2. The van der Waals surface area contributed by atoms with E-state index in [4.69, 9.17) is 0 Å². The van der Waals surface area contributed by atoms with Gasteiger partial charge in [0.1, 0.15) is 11.5 Å². The molecule has 1 atom stereocenters. The van der Waals surface area contributed by atoms with Crippen LogP contribution in [0.5, 0.6) is 11.5 Å². The number of aryl methyl sites for hydroxylation is 1. The molecule has 0 saturated heterocycles. The molecule has 0 saturated carbocycles. The monoisotopic (exact) mass is 258 g/mol. The fraction of sp³-hybridized carbons (Fsp3) is 0.267. The standard InChI is InChI=1S/C15H14O4/c1-7-2-8-4-9-5-10(16)6-12(18)14(9)15(19)13(8)11(17)3-7/h2-4,10,16-17,19H,5-6H2,1H3/t10-/m0/s1. The number of carbonyl (C=O) groups excluding carboxylic acids is 1. The summed E-state index contributed by atoms with van der Waals surface area (Å²) in [6.07, 6.45) is -0.340. The van der Waals surface area contributed by atoms with Gasteiger partial charge >= 0.3 is 0 Å². The first-order valence-corrected chi connectivity index (χ1v) is 6.17. The molecule has 0 fully saturated rings. The SMILES string of the molecule is Cc1cc(O)c2c(O)c3c(cc2c1)C[C@H](O)CC3=O. The first-order valence-electron chi connectivity index (χ1n) is 6.17. The van der Waals surface area contributed by atoms with Gasteiger partial charge in [0.2, 0.25) is 0 Å². The Morgan fingerprint density at radius 1 is 1.16 bits per heavy atom. The average molecular weight is 258 g/mol. The van der Waals surface area contributed by atoms with Gasteiger partial charge in [0.25, 0.3) is 0 Å². The predicted octanol–water partition coefficient (Wildman–Crippen LogP) is 2.05. The fourth-order valence-corrected chi connectivity index (χ4v) is 2.82. The third-order valence-electron chi connectivity index (χ3n) is 3.57. The van der Waals surface area contributed by atoms with Crippen LogP contribution in [0.15, 0.2) is 18.2 Å². The molecule has 98 valence electrons. The van der Waals surface area contributed by atoms with Crippen molar-refractivity contribution in [3.8, 4) is 11.5 Å². The lowest BCUT2D eigenvalue weighted by Gasteiger charge is -2.22. The Kier molecular flexibility index (Phi) is 2.50. The second-order valence-electron chi connectivity index (χ2n) is 5.13. The average Bonchev–Trinajstić information content (AvgIpc) is 2.25. The van der Waals surface area contributed by atoms with Crippen molar-refractivity contribution in [1.82, 2.24) is 0 Å². The second-order valence-corrected chi connectivity index (χ2v) is 5.13. The summed E-state index contributed by atoms with van der Waals surface area (Å²) < 4.78 is 0. The predicted molar refractivity (Wildman–Crippen MR) is 70.7 cm³/mol. The van der Waals surface area contributed by atoms with Gasteiger partial charge in [0, 0.05) is 6.42 Å². The Morgan fingerprint density at radius 3 is 2.63 bits per heavy atom. The molecule has 0 unspecified atom stereocenters. The van der Waals surface area contributed by atoms with E-state index in [1.165, 1.54) is 0 Å². The van der Waals surface area contributed by atoms with Gasteiger partial charge < -0.3 is 15.3 Å². The van der Waals surface area contributed by atoms with Gasteiger partial charge in [-0.25, -0.2) is 0 Å². The third-order valence-corrected chi connectivity index (χ3v) is 3.57. The van der Waals surface area contributed by atoms with Crippen molar-refractivity contribution in [1.29, 1.82) is 0 Å². The van der Waals surface area contributed by atoms with Crippen molar-refractivity contribution in [3.05, 3.63) is 34.9 Å². The number of rotatable bonds is 0. The fourth-order valence-electron chi connectivity index (χ4n) is 2.82. The molecule has 1 aliphatic rings. The van der Waals surface area contributed by atoms with E-state index in [1.54, 1.807) is 12.1 Å². The molecular formula is C15H14O4. The van der Waals surface area contributed by atoms with Crippen LogP contribution in [0, 0.1) is 6.92 Å². The van der Waals surface area contributed by atoms with E-state index in [2.05, 4.69) is 0 Å². The summed E-state index contributed by atoms with van der Waals surface area (Å²) in [4.78, 5) is 11.9. The molecule has 0 spiro atoms. The Morgan fingerprint density at radius 2 is 1.89 bits per heavy atom. The van der Waals surface area contributed by atoms with Crippen molar-refractivity contribution >= 4 is 16.6 Å². The smallest absolute Gasteiger partial charge is 0.169 e. The molecule has 1 aliphatic carbocycles. The summed E-state index contributed by atoms with van der Waals surface area (Å²) in [5, 5.41) is 30.8. The second kappa shape index (κ2) is 3.96. The highest BCUT2D eigenvalue weighted by Crippen LogP contribution is 2.40. The van der Waals surface area contributed by atoms with Gasteiger partial charge in [-0.1, -0.05) is 6.07 Å². The van der Waals surface area contributed by atoms with Crippen LogP contribution in [-0.4, -0.2) is 27.2 Å². The normalized spacial score (nSPS) is 18.6. The summed E-state index contributed by atoms with van der Waals surface area (Å²) in [7, 11) is 0. The van der Waals surface area contributed by atoms with Gasteiger partial charge in [-0.3, -0.25) is 4.79 Å². The number of hydrogen-bond acceptors (Lipinski definition) is 4. The van der Waals surface area contributed by atoms with E-state index < -0.39 is 6.10 Å². The first-order chi connectivity index (χ1) is 8.97. The van der Waals surface area contributed by atoms with Crippen molar-refractivity contribution in [2.45, 2.75) is 25.9 Å². The highest BCUT2D eigenvalue weighted by atomic mass is 16.3. The van der Waals surface area contributed by atoms with E-state index in [0.29, 0.717) is 22.8 Å². The zero-order chi connectivity index (χ0) is 13.7. The maximum atomic E-state index is 11.9. The largest absolute Gasteiger partial charge is 0.507 e. The van der Waals surface area contributed by atoms with Crippen LogP contribution in [0.3, 0.4) is 0 Å². The number of phenolic OH excluding ortho intramolecular Hbond substituents is 2. The molecule has 3 N–H and O–H groups in total. The van der Waals surface area contributed by atoms with Gasteiger partial charge in [-0.15, -0.1) is 0 Å². The molecule has 0 aliphatic heterocycles. The molecule has 2 aromatic carbocycles. The number of aliphatic hydroxyl groups excluding tert-OH is 1. The Labute approximate surface area is 109 Å². The van der Waals surface area contributed by atoms with Crippen molar-refractivity contribution in [3.63, 3.8) is 0 Å². The zero-order valence-corrected chi connectivity index (χ0v) is 10.5. The topological polar surface area (TPSA) is 77.8 Å². The van der Waals surface area contributed by atoms with Gasteiger partial charge in [0.05, 0.1) is 17.1 Å².